The monoisotopic (exact) mass is 324 g/mol. The van der Waals surface area contributed by atoms with E-state index in [1.165, 1.54) is 18.3 Å². The number of hydrogen-bond acceptors (Lipinski definition) is 4. The zero-order valence-electron chi connectivity index (χ0n) is 9.81. The van der Waals surface area contributed by atoms with E-state index >= 15 is 0 Å². The minimum Gasteiger partial charge on any atom is -0.478 e. The van der Waals surface area contributed by atoms with Gasteiger partial charge in [-0.2, -0.15) is 0 Å². The number of aromatic carboxylic acids is 1. The maximum absolute atomic E-state index is 12.0. The fourth-order valence-corrected chi connectivity index (χ4v) is 1.87. The first-order chi connectivity index (χ1) is 8.99. The molecule has 0 spiro atoms. The van der Waals surface area contributed by atoms with E-state index in [-0.39, 0.29) is 16.8 Å². The number of benzene rings is 1. The number of nitrogens with one attached hydrogen (secondary N) is 1. The highest BCUT2D eigenvalue weighted by Crippen LogP contribution is 2.22. The van der Waals surface area contributed by atoms with Crippen LogP contribution in [-0.4, -0.2) is 22.1 Å². The first-order valence-electron chi connectivity index (χ1n) is 5.24. The van der Waals surface area contributed by atoms with Gasteiger partial charge in [0, 0.05) is 4.47 Å². The third kappa shape index (κ3) is 2.82. The van der Waals surface area contributed by atoms with Gasteiger partial charge >= 0.3 is 5.97 Å². The lowest BCUT2D eigenvalue weighted by Gasteiger charge is -2.08. The summed E-state index contributed by atoms with van der Waals surface area (Å²) in [5, 5.41) is 15.1. The molecule has 2 rings (SSSR count). The number of aromatic nitrogens is 1. The van der Waals surface area contributed by atoms with Crippen LogP contribution in [0.2, 0.25) is 0 Å². The first kappa shape index (κ1) is 13.3. The minimum absolute atomic E-state index is 0.00524. The molecule has 2 N–H and O–H groups in total. The smallest absolute Gasteiger partial charge is 0.337 e. The average Bonchev–Trinajstić information content (AvgIpc) is 2.75. The molecule has 1 heterocycles. The summed E-state index contributed by atoms with van der Waals surface area (Å²) in [5.41, 5.74) is 0.467. The second-order valence-corrected chi connectivity index (χ2v) is 4.66. The Bertz CT molecular complexity index is 651. The van der Waals surface area contributed by atoms with Gasteiger partial charge in [-0.15, -0.1) is 0 Å². The zero-order valence-corrected chi connectivity index (χ0v) is 11.4. The average molecular weight is 325 g/mol. The molecule has 0 saturated carbocycles. The molecular weight excluding hydrogens is 316 g/mol. The molecule has 7 heteroatoms. The molecule has 1 aromatic heterocycles. The van der Waals surface area contributed by atoms with E-state index < -0.39 is 11.9 Å². The Kier molecular flexibility index (Phi) is 3.66. The number of carboxylic acid groups (broad SMARTS) is 1. The summed E-state index contributed by atoms with van der Waals surface area (Å²) in [4.78, 5) is 23.0. The highest BCUT2D eigenvalue weighted by Gasteiger charge is 2.17. The van der Waals surface area contributed by atoms with E-state index in [2.05, 4.69) is 26.4 Å². The van der Waals surface area contributed by atoms with Crippen LogP contribution in [0.25, 0.3) is 0 Å². The number of halogens is 1. The first-order valence-corrected chi connectivity index (χ1v) is 6.04. The summed E-state index contributed by atoms with van der Waals surface area (Å²) >= 11 is 3.22. The van der Waals surface area contributed by atoms with Gasteiger partial charge in [-0.3, -0.25) is 4.79 Å². The maximum atomic E-state index is 12.0. The Morgan fingerprint density at radius 2 is 2.11 bits per heavy atom. The minimum atomic E-state index is -1.12. The van der Waals surface area contributed by atoms with Crippen LogP contribution in [0.5, 0.6) is 0 Å². The third-order valence-electron chi connectivity index (χ3n) is 2.46. The number of carbonyl (C=O) groups is 2. The number of nitrogens with zero attached hydrogens (tertiary/aromatic N) is 1. The van der Waals surface area contributed by atoms with Crippen molar-refractivity contribution >= 4 is 33.5 Å². The Morgan fingerprint density at radius 1 is 1.37 bits per heavy atom. The van der Waals surface area contributed by atoms with Gasteiger partial charge in [-0.05, 0) is 25.1 Å². The fourth-order valence-electron chi connectivity index (χ4n) is 1.51. The molecule has 0 fully saturated rings. The molecule has 2 aromatic rings. The molecule has 6 nitrogen and oxygen atoms in total. The molecular formula is C12H9BrN2O4. The molecule has 1 amide bonds. The normalized spacial score (nSPS) is 10.2. The number of carbonyl (C=O) groups excluding carboxylic acids is 1. The third-order valence-corrected chi connectivity index (χ3v) is 2.95. The van der Waals surface area contributed by atoms with E-state index in [9.17, 15) is 9.59 Å². The second-order valence-electron chi connectivity index (χ2n) is 3.74. The molecule has 0 atom stereocenters. The van der Waals surface area contributed by atoms with Crippen molar-refractivity contribution in [3.63, 3.8) is 0 Å². The predicted octanol–water partition coefficient (Wildman–Crippen LogP) is 2.70. The van der Waals surface area contributed by atoms with Crippen molar-refractivity contribution in [2.45, 2.75) is 6.92 Å². The quantitative estimate of drug-likeness (QED) is 0.905. The van der Waals surface area contributed by atoms with Crippen molar-refractivity contribution in [1.29, 1.82) is 0 Å². The van der Waals surface area contributed by atoms with Gasteiger partial charge in [0.1, 0.15) is 11.3 Å². The van der Waals surface area contributed by atoms with Crippen LogP contribution in [0.3, 0.4) is 0 Å². The molecule has 1 aromatic carbocycles. The maximum Gasteiger partial charge on any atom is 0.337 e. The summed E-state index contributed by atoms with van der Waals surface area (Å²) in [7, 11) is 0. The highest BCUT2D eigenvalue weighted by molar-refractivity contribution is 9.10. The van der Waals surface area contributed by atoms with Gasteiger partial charge < -0.3 is 14.9 Å². The Morgan fingerprint density at radius 3 is 2.68 bits per heavy atom. The number of rotatable bonds is 3. The summed E-state index contributed by atoms with van der Waals surface area (Å²) in [5.74, 6) is -1.23. The van der Waals surface area contributed by atoms with E-state index in [1.54, 1.807) is 13.0 Å². The van der Waals surface area contributed by atoms with Crippen molar-refractivity contribution in [3.05, 3.63) is 45.8 Å². The summed E-state index contributed by atoms with van der Waals surface area (Å²) in [6, 6.07) is 4.51. The lowest BCUT2D eigenvalue weighted by molar-refractivity contribution is 0.0698. The van der Waals surface area contributed by atoms with Gasteiger partial charge in [0.15, 0.2) is 0 Å². The van der Waals surface area contributed by atoms with E-state index in [0.29, 0.717) is 10.2 Å². The van der Waals surface area contributed by atoms with Gasteiger partial charge in [-0.1, -0.05) is 21.1 Å². The molecule has 0 radical (unpaired) electrons. The Hall–Kier alpha value is -2.15. The van der Waals surface area contributed by atoms with Crippen molar-refractivity contribution in [1.82, 2.24) is 5.16 Å². The fraction of sp³-hybridized carbons (Fsp3) is 0.0833. The van der Waals surface area contributed by atoms with E-state index in [1.807, 2.05) is 0 Å². The molecule has 19 heavy (non-hydrogen) atoms. The van der Waals surface area contributed by atoms with Gasteiger partial charge in [0.2, 0.25) is 0 Å². The van der Waals surface area contributed by atoms with Crippen LogP contribution in [0.15, 0.2) is 33.4 Å². The molecule has 0 unspecified atom stereocenters. The number of hydrogen-bond donors (Lipinski definition) is 2. The van der Waals surface area contributed by atoms with Gasteiger partial charge in [0.25, 0.3) is 5.91 Å². The van der Waals surface area contributed by atoms with Crippen LogP contribution >= 0.6 is 15.9 Å². The Labute approximate surface area is 116 Å². The molecule has 0 aliphatic rings. The van der Waals surface area contributed by atoms with Crippen molar-refractivity contribution in [3.8, 4) is 0 Å². The van der Waals surface area contributed by atoms with E-state index in [0.717, 1.165) is 0 Å². The number of amides is 1. The lowest BCUT2D eigenvalue weighted by atomic mass is 10.1. The topological polar surface area (TPSA) is 92.4 Å². The largest absolute Gasteiger partial charge is 0.478 e. The van der Waals surface area contributed by atoms with Crippen molar-refractivity contribution in [2.75, 3.05) is 5.32 Å². The molecule has 0 aliphatic heterocycles. The Balaban J connectivity index is 2.33. The number of carboxylic acids is 1. The summed E-state index contributed by atoms with van der Waals surface area (Å²) in [6.45, 7) is 1.60. The van der Waals surface area contributed by atoms with Crippen LogP contribution in [0.4, 0.5) is 5.69 Å². The van der Waals surface area contributed by atoms with Crippen molar-refractivity contribution in [2.24, 2.45) is 0 Å². The van der Waals surface area contributed by atoms with Crippen LogP contribution in [0, 0.1) is 6.92 Å². The van der Waals surface area contributed by atoms with Gasteiger partial charge in [0.05, 0.1) is 17.4 Å². The molecule has 0 saturated heterocycles. The van der Waals surface area contributed by atoms with Gasteiger partial charge in [-0.25, -0.2) is 4.79 Å². The lowest BCUT2D eigenvalue weighted by Crippen LogP contribution is -2.15. The SMILES string of the molecule is Cc1oncc1C(=O)Nc1cc(Br)ccc1C(=O)O. The standard InChI is InChI=1S/C12H9BrN2O4/c1-6-9(5-14-19-6)11(16)15-10-4-7(13)2-3-8(10)12(17)18/h2-5H,1H3,(H,15,16)(H,17,18). The van der Waals surface area contributed by atoms with Crippen LogP contribution in [-0.2, 0) is 0 Å². The summed E-state index contributed by atoms with van der Waals surface area (Å²) in [6.07, 6.45) is 1.28. The summed E-state index contributed by atoms with van der Waals surface area (Å²) < 4.78 is 5.45. The van der Waals surface area contributed by atoms with E-state index in [4.69, 9.17) is 9.63 Å². The predicted molar refractivity (Wildman–Crippen MR) is 70.3 cm³/mol. The van der Waals surface area contributed by atoms with Crippen LogP contribution in [0.1, 0.15) is 26.5 Å². The van der Waals surface area contributed by atoms with Crippen LogP contribution < -0.4 is 5.32 Å². The number of aryl methyl sites for hydroxylation is 1. The second kappa shape index (κ2) is 5.23. The number of anilines is 1. The molecule has 0 bridgehead atoms. The highest BCUT2D eigenvalue weighted by atomic mass is 79.9. The zero-order chi connectivity index (χ0) is 14.0. The molecule has 0 aliphatic carbocycles. The van der Waals surface area contributed by atoms with Crippen molar-refractivity contribution < 1.29 is 19.2 Å². The molecule has 98 valence electrons.